The molecule has 1 aliphatic heterocycles. The van der Waals surface area contributed by atoms with Crippen molar-refractivity contribution in [2.45, 2.75) is 64.6 Å². The highest BCUT2D eigenvalue weighted by molar-refractivity contribution is 6.00. The van der Waals surface area contributed by atoms with Gasteiger partial charge in [0.2, 0.25) is 5.91 Å². The fourth-order valence-corrected chi connectivity index (χ4v) is 4.90. The highest BCUT2D eigenvalue weighted by Crippen LogP contribution is 2.40. The SMILES string of the molecule is COC1CCC(C(=O)N2Cc3cccnc3Nc3ccc(-c4cnn(C(C)(C)C)c4)cc32)CC1. The smallest absolute Gasteiger partial charge is 0.230 e. The number of methoxy groups -OCH3 is 1. The first-order valence-electron chi connectivity index (χ1n) is 12.1. The molecule has 3 heterocycles. The van der Waals surface area contributed by atoms with E-state index < -0.39 is 0 Å². The van der Waals surface area contributed by atoms with Crippen LogP contribution in [0.2, 0.25) is 0 Å². The topological polar surface area (TPSA) is 72.3 Å². The van der Waals surface area contributed by atoms with Gasteiger partial charge in [0.25, 0.3) is 0 Å². The molecule has 178 valence electrons. The molecular weight excluding hydrogens is 426 g/mol. The molecule has 1 saturated carbocycles. The molecule has 1 amide bonds. The van der Waals surface area contributed by atoms with Crippen molar-refractivity contribution in [1.82, 2.24) is 14.8 Å². The molecule has 2 aromatic heterocycles. The van der Waals surface area contributed by atoms with Crippen LogP contribution >= 0.6 is 0 Å². The second-order valence-electron chi connectivity index (χ2n) is 10.3. The van der Waals surface area contributed by atoms with Gasteiger partial charge in [0.1, 0.15) is 5.82 Å². The van der Waals surface area contributed by atoms with Gasteiger partial charge in [-0.3, -0.25) is 9.48 Å². The number of benzene rings is 1. The van der Waals surface area contributed by atoms with Gasteiger partial charge in [-0.25, -0.2) is 4.98 Å². The first kappa shape index (κ1) is 22.6. The van der Waals surface area contributed by atoms with Crippen LogP contribution < -0.4 is 10.2 Å². The zero-order valence-electron chi connectivity index (χ0n) is 20.4. The largest absolute Gasteiger partial charge is 0.381 e. The second-order valence-corrected chi connectivity index (χ2v) is 10.3. The molecule has 3 aromatic rings. The van der Waals surface area contributed by atoms with Crippen molar-refractivity contribution in [2.75, 3.05) is 17.3 Å². The highest BCUT2D eigenvalue weighted by atomic mass is 16.5. The summed E-state index contributed by atoms with van der Waals surface area (Å²) >= 11 is 0. The average Bonchev–Trinajstić information content (AvgIpc) is 3.28. The van der Waals surface area contributed by atoms with Gasteiger partial charge in [0.05, 0.1) is 35.8 Å². The molecule has 1 aliphatic carbocycles. The van der Waals surface area contributed by atoms with Crippen molar-refractivity contribution in [3.8, 4) is 11.1 Å². The number of aromatic nitrogens is 3. The molecule has 1 N–H and O–H groups in total. The van der Waals surface area contributed by atoms with Crippen LogP contribution in [-0.4, -0.2) is 33.9 Å². The standard InChI is InChI=1S/C27H33N5O2/c1-27(2,3)32-17-21(15-29-32)19-9-12-23-24(14-19)31(16-20-6-5-13-28-25(20)30-23)26(33)18-7-10-22(34-4)11-8-18/h5-6,9,12-15,17-18,22H,7-8,10-11,16H2,1-4H3,(H,28,30). The molecule has 7 nitrogen and oxygen atoms in total. The highest BCUT2D eigenvalue weighted by Gasteiger charge is 2.33. The van der Waals surface area contributed by atoms with E-state index in [0.717, 1.165) is 59.6 Å². The Morgan fingerprint density at radius 3 is 2.62 bits per heavy atom. The number of amides is 1. The van der Waals surface area contributed by atoms with Crippen LogP contribution in [0.25, 0.3) is 11.1 Å². The molecule has 0 spiro atoms. The molecule has 1 fully saturated rings. The number of rotatable bonds is 3. The maximum absolute atomic E-state index is 13.9. The summed E-state index contributed by atoms with van der Waals surface area (Å²) in [7, 11) is 1.76. The van der Waals surface area contributed by atoms with E-state index in [-0.39, 0.29) is 23.5 Å². The monoisotopic (exact) mass is 459 g/mol. The predicted octanol–water partition coefficient (Wildman–Crippen LogP) is 5.50. The number of pyridine rings is 1. The third-order valence-electron chi connectivity index (χ3n) is 6.99. The minimum atomic E-state index is -0.0954. The molecule has 0 bridgehead atoms. The second kappa shape index (κ2) is 8.87. The summed E-state index contributed by atoms with van der Waals surface area (Å²) in [4.78, 5) is 20.4. The molecule has 0 radical (unpaired) electrons. The molecule has 7 heteroatoms. The summed E-state index contributed by atoms with van der Waals surface area (Å²) in [5.74, 6) is 0.983. The molecule has 34 heavy (non-hydrogen) atoms. The zero-order valence-corrected chi connectivity index (χ0v) is 20.4. The average molecular weight is 460 g/mol. The fourth-order valence-electron chi connectivity index (χ4n) is 4.90. The number of hydrogen-bond donors (Lipinski definition) is 1. The summed E-state index contributed by atoms with van der Waals surface area (Å²) in [6.45, 7) is 6.89. The molecule has 1 aromatic carbocycles. The van der Waals surface area contributed by atoms with Crippen LogP contribution in [0.3, 0.4) is 0 Å². The van der Waals surface area contributed by atoms with Crippen LogP contribution in [-0.2, 0) is 21.6 Å². The van der Waals surface area contributed by atoms with E-state index in [4.69, 9.17) is 4.74 Å². The summed E-state index contributed by atoms with van der Waals surface area (Å²) in [6, 6.07) is 10.2. The lowest BCUT2D eigenvalue weighted by Gasteiger charge is -2.32. The van der Waals surface area contributed by atoms with Gasteiger partial charge < -0.3 is 15.0 Å². The number of anilines is 3. The van der Waals surface area contributed by atoms with Crippen molar-refractivity contribution in [3.63, 3.8) is 0 Å². The molecule has 5 rings (SSSR count). The Bertz CT molecular complexity index is 1190. The van der Waals surface area contributed by atoms with Gasteiger partial charge >= 0.3 is 0 Å². The van der Waals surface area contributed by atoms with Crippen molar-refractivity contribution in [3.05, 3.63) is 54.5 Å². The summed E-state index contributed by atoms with van der Waals surface area (Å²) in [5.41, 5.74) is 4.77. The van der Waals surface area contributed by atoms with E-state index in [9.17, 15) is 4.79 Å². The summed E-state index contributed by atoms with van der Waals surface area (Å²) < 4.78 is 7.50. The van der Waals surface area contributed by atoms with Crippen LogP contribution in [0.1, 0.15) is 52.0 Å². The van der Waals surface area contributed by atoms with E-state index in [2.05, 4.69) is 54.5 Å². The number of ether oxygens (including phenoxy) is 1. The zero-order chi connectivity index (χ0) is 23.9. The maximum atomic E-state index is 13.9. The van der Waals surface area contributed by atoms with Crippen LogP contribution in [0.5, 0.6) is 0 Å². The number of carbonyl (C=O) groups excluding carboxylic acids is 1. The number of fused-ring (bicyclic) bond motifs is 2. The number of nitrogens with zero attached hydrogens (tertiary/aromatic N) is 4. The first-order chi connectivity index (χ1) is 16.3. The van der Waals surface area contributed by atoms with Gasteiger partial charge in [-0.15, -0.1) is 0 Å². The Balaban J connectivity index is 1.53. The molecule has 0 saturated heterocycles. The number of hydrogen-bond acceptors (Lipinski definition) is 5. The fraction of sp³-hybridized carbons (Fsp3) is 0.444. The quantitative estimate of drug-likeness (QED) is 0.560. The lowest BCUT2D eigenvalue weighted by atomic mass is 9.86. The van der Waals surface area contributed by atoms with Gasteiger partial charge in [0, 0.05) is 36.5 Å². The van der Waals surface area contributed by atoms with Gasteiger partial charge in [0.15, 0.2) is 0 Å². The minimum Gasteiger partial charge on any atom is -0.381 e. The Hall–Kier alpha value is -3.19. The Kier molecular flexibility index (Phi) is 5.90. The van der Waals surface area contributed by atoms with Gasteiger partial charge in [-0.05, 0) is 70.2 Å². The Morgan fingerprint density at radius 1 is 1.12 bits per heavy atom. The minimum absolute atomic E-state index is 0.00442. The van der Waals surface area contributed by atoms with Crippen molar-refractivity contribution < 1.29 is 9.53 Å². The molecule has 0 atom stereocenters. The van der Waals surface area contributed by atoms with E-state index >= 15 is 0 Å². The van der Waals surface area contributed by atoms with Gasteiger partial charge in [-0.1, -0.05) is 12.1 Å². The van der Waals surface area contributed by atoms with Crippen molar-refractivity contribution >= 4 is 23.1 Å². The van der Waals surface area contributed by atoms with E-state index in [1.807, 2.05) is 34.0 Å². The third-order valence-corrected chi connectivity index (χ3v) is 6.99. The van der Waals surface area contributed by atoms with E-state index in [1.54, 1.807) is 13.3 Å². The number of nitrogens with one attached hydrogen (secondary N) is 1. The van der Waals surface area contributed by atoms with Crippen LogP contribution in [0.4, 0.5) is 17.2 Å². The molecular formula is C27H33N5O2. The predicted molar refractivity (Wildman–Crippen MR) is 134 cm³/mol. The van der Waals surface area contributed by atoms with Crippen molar-refractivity contribution in [2.24, 2.45) is 5.92 Å². The lowest BCUT2D eigenvalue weighted by Crippen LogP contribution is -2.38. The third kappa shape index (κ3) is 4.32. The summed E-state index contributed by atoms with van der Waals surface area (Å²) in [6.07, 6.45) is 9.57. The lowest BCUT2D eigenvalue weighted by molar-refractivity contribution is -0.124. The van der Waals surface area contributed by atoms with Crippen LogP contribution in [0, 0.1) is 5.92 Å². The Morgan fingerprint density at radius 2 is 1.91 bits per heavy atom. The number of carbonyl (C=O) groups is 1. The van der Waals surface area contributed by atoms with E-state index in [1.165, 1.54) is 0 Å². The normalized spacial score (nSPS) is 20.2. The molecule has 0 unspecified atom stereocenters. The van der Waals surface area contributed by atoms with Crippen LogP contribution in [0.15, 0.2) is 48.9 Å². The Labute approximate surface area is 201 Å². The molecule has 2 aliphatic rings. The first-order valence-corrected chi connectivity index (χ1v) is 12.1. The van der Waals surface area contributed by atoms with E-state index in [0.29, 0.717) is 6.54 Å². The van der Waals surface area contributed by atoms with Crippen molar-refractivity contribution in [1.29, 1.82) is 0 Å². The summed E-state index contributed by atoms with van der Waals surface area (Å²) in [5, 5.41) is 8.04. The van der Waals surface area contributed by atoms with Gasteiger partial charge in [-0.2, -0.15) is 5.10 Å². The maximum Gasteiger partial charge on any atom is 0.230 e.